The Balaban J connectivity index is 2.17. The zero-order chi connectivity index (χ0) is 12.4. The first-order valence-corrected chi connectivity index (χ1v) is 6.83. The number of rotatable bonds is 3. The van der Waals surface area contributed by atoms with Crippen molar-refractivity contribution in [1.29, 1.82) is 0 Å². The molecule has 1 heterocycles. The molecule has 1 nitrogen and oxygen atoms in total. The lowest BCUT2D eigenvalue weighted by atomic mass is 10.0. The molecule has 0 aliphatic carbocycles. The van der Waals surface area contributed by atoms with Gasteiger partial charge in [0.25, 0.3) is 0 Å². The van der Waals surface area contributed by atoms with Gasteiger partial charge in [-0.3, -0.25) is 0 Å². The summed E-state index contributed by atoms with van der Waals surface area (Å²) in [5.74, 6) is 0. The van der Waals surface area contributed by atoms with Gasteiger partial charge in [-0.05, 0) is 43.0 Å². The second-order valence-electron chi connectivity index (χ2n) is 4.34. The highest BCUT2D eigenvalue weighted by Crippen LogP contribution is 2.31. The molecule has 0 aliphatic rings. The second-order valence-corrected chi connectivity index (χ2v) is 6.03. The summed E-state index contributed by atoms with van der Waals surface area (Å²) < 4.78 is 0.847. The molecule has 2 rings (SSSR count). The molecule has 90 valence electrons. The van der Waals surface area contributed by atoms with Crippen molar-refractivity contribution in [1.82, 2.24) is 0 Å². The molecule has 0 aliphatic heterocycles. The lowest BCUT2D eigenvalue weighted by Gasteiger charge is -2.11. The molecule has 2 N–H and O–H groups in total. The fourth-order valence-corrected chi connectivity index (χ4v) is 3.06. The van der Waals surface area contributed by atoms with Crippen LogP contribution in [0.3, 0.4) is 0 Å². The highest BCUT2D eigenvalue weighted by molar-refractivity contribution is 7.16. The van der Waals surface area contributed by atoms with Gasteiger partial charge in [0.05, 0.1) is 4.34 Å². The summed E-state index contributed by atoms with van der Waals surface area (Å²) in [7, 11) is 0. The lowest BCUT2D eigenvalue weighted by Crippen LogP contribution is -2.12. The van der Waals surface area contributed by atoms with Crippen molar-refractivity contribution in [3.05, 3.63) is 56.2 Å². The molecule has 17 heavy (non-hydrogen) atoms. The van der Waals surface area contributed by atoms with Gasteiger partial charge in [-0.25, -0.2) is 0 Å². The van der Waals surface area contributed by atoms with Gasteiger partial charge in [-0.2, -0.15) is 0 Å². The van der Waals surface area contributed by atoms with Crippen molar-refractivity contribution < 1.29 is 0 Å². The SMILES string of the molecule is Cc1ccccc1CC(N)c1cc(C)c(Cl)s1. The summed E-state index contributed by atoms with van der Waals surface area (Å²) in [6.07, 6.45) is 0.864. The minimum atomic E-state index is 0.0345. The molecule has 1 aromatic heterocycles. The first kappa shape index (κ1) is 12.6. The van der Waals surface area contributed by atoms with Crippen LogP contribution in [0.15, 0.2) is 30.3 Å². The number of hydrogen-bond donors (Lipinski definition) is 1. The Morgan fingerprint density at radius 3 is 2.53 bits per heavy atom. The van der Waals surface area contributed by atoms with Gasteiger partial charge in [-0.1, -0.05) is 35.9 Å². The smallest absolute Gasteiger partial charge is 0.0960 e. The molecule has 1 atom stereocenters. The van der Waals surface area contributed by atoms with Gasteiger partial charge in [0.15, 0.2) is 0 Å². The fraction of sp³-hybridized carbons (Fsp3) is 0.286. The monoisotopic (exact) mass is 265 g/mol. The number of benzene rings is 1. The van der Waals surface area contributed by atoms with E-state index < -0.39 is 0 Å². The maximum atomic E-state index is 6.23. The molecule has 0 spiro atoms. The van der Waals surface area contributed by atoms with E-state index in [1.165, 1.54) is 11.1 Å². The molecular formula is C14H16ClNS. The summed E-state index contributed by atoms with van der Waals surface area (Å²) in [4.78, 5) is 1.16. The van der Waals surface area contributed by atoms with E-state index in [9.17, 15) is 0 Å². The van der Waals surface area contributed by atoms with Crippen molar-refractivity contribution in [2.24, 2.45) is 5.73 Å². The summed E-state index contributed by atoms with van der Waals surface area (Å²) in [6, 6.07) is 10.5. The Morgan fingerprint density at radius 1 is 1.24 bits per heavy atom. The predicted molar refractivity (Wildman–Crippen MR) is 75.9 cm³/mol. The Morgan fingerprint density at radius 2 is 1.94 bits per heavy atom. The van der Waals surface area contributed by atoms with Crippen LogP contribution in [0.4, 0.5) is 0 Å². The van der Waals surface area contributed by atoms with E-state index in [0.29, 0.717) is 0 Å². The fourth-order valence-electron chi connectivity index (χ4n) is 1.84. The number of nitrogens with two attached hydrogens (primary N) is 1. The predicted octanol–water partition coefficient (Wildman–Crippen LogP) is 4.26. The van der Waals surface area contributed by atoms with Crippen LogP contribution < -0.4 is 5.73 Å². The lowest BCUT2D eigenvalue weighted by molar-refractivity contribution is 0.733. The topological polar surface area (TPSA) is 26.0 Å². The maximum absolute atomic E-state index is 6.23. The maximum Gasteiger partial charge on any atom is 0.0960 e. The van der Waals surface area contributed by atoms with Crippen molar-refractivity contribution in [3.8, 4) is 0 Å². The van der Waals surface area contributed by atoms with Gasteiger partial charge in [-0.15, -0.1) is 11.3 Å². The van der Waals surface area contributed by atoms with Gasteiger partial charge >= 0.3 is 0 Å². The number of aryl methyl sites for hydroxylation is 2. The van der Waals surface area contributed by atoms with Crippen molar-refractivity contribution >= 4 is 22.9 Å². The van der Waals surface area contributed by atoms with Gasteiger partial charge in [0.1, 0.15) is 0 Å². The average Bonchev–Trinajstić information content (AvgIpc) is 2.63. The van der Waals surface area contributed by atoms with E-state index in [1.807, 2.05) is 6.92 Å². The molecule has 0 amide bonds. The van der Waals surface area contributed by atoms with E-state index in [2.05, 4.69) is 37.3 Å². The van der Waals surface area contributed by atoms with Crippen LogP contribution in [0.2, 0.25) is 4.34 Å². The standard InChI is InChI=1S/C14H16ClNS/c1-9-5-3-4-6-11(9)8-12(16)13-7-10(2)14(15)17-13/h3-7,12H,8,16H2,1-2H3. The number of thiophene rings is 1. The molecule has 1 aromatic carbocycles. The number of hydrogen-bond acceptors (Lipinski definition) is 2. The first-order valence-electron chi connectivity index (χ1n) is 5.64. The van der Waals surface area contributed by atoms with Crippen molar-refractivity contribution in [2.45, 2.75) is 26.3 Å². The van der Waals surface area contributed by atoms with Crippen LogP contribution in [-0.4, -0.2) is 0 Å². The molecule has 0 radical (unpaired) electrons. The Kier molecular flexibility index (Phi) is 3.87. The van der Waals surface area contributed by atoms with Crippen LogP contribution in [0.1, 0.15) is 27.6 Å². The summed E-state index contributed by atoms with van der Waals surface area (Å²) in [6.45, 7) is 4.14. The zero-order valence-corrected chi connectivity index (χ0v) is 11.6. The quantitative estimate of drug-likeness (QED) is 0.882. The summed E-state index contributed by atoms with van der Waals surface area (Å²) in [5, 5.41) is 0. The van der Waals surface area contributed by atoms with E-state index in [1.54, 1.807) is 11.3 Å². The molecule has 0 saturated heterocycles. The molecule has 0 bridgehead atoms. The second kappa shape index (κ2) is 5.21. The average molecular weight is 266 g/mol. The molecule has 0 fully saturated rings. The third kappa shape index (κ3) is 2.89. The van der Waals surface area contributed by atoms with Gasteiger partial charge < -0.3 is 5.73 Å². The third-order valence-electron chi connectivity index (χ3n) is 2.94. The Bertz CT molecular complexity index is 499. The van der Waals surface area contributed by atoms with Crippen LogP contribution in [-0.2, 0) is 6.42 Å². The molecule has 1 unspecified atom stereocenters. The van der Waals surface area contributed by atoms with Crippen molar-refractivity contribution in [3.63, 3.8) is 0 Å². The molecule has 2 aromatic rings. The van der Waals surface area contributed by atoms with E-state index in [0.717, 1.165) is 21.2 Å². The van der Waals surface area contributed by atoms with Gasteiger partial charge in [0, 0.05) is 10.9 Å². The summed E-state index contributed by atoms with van der Waals surface area (Å²) in [5.41, 5.74) is 9.95. The zero-order valence-electron chi connectivity index (χ0n) is 10.0. The first-order chi connectivity index (χ1) is 8.08. The van der Waals surface area contributed by atoms with Crippen LogP contribution >= 0.6 is 22.9 Å². The summed E-state index contributed by atoms with van der Waals surface area (Å²) >= 11 is 7.66. The van der Waals surface area contributed by atoms with Gasteiger partial charge in [0.2, 0.25) is 0 Å². The van der Waals surface area contributed by atoms with Crippen molar-refractivity contribution in [2.75, 3.05) is 0 Å². The minimum Gasteiger partial charge on any atom is -0.323 e. The van der Waals surface area contributed by atoms with E-state index in [-0.39, 0.29) is 6.04 Å². The van der Waals surface area contributed by atoms with E-state index in [4.69, 9.17) is 17.3 Å². The Hall–Kier alpha value is -0.830. The highest BCUT2D eigenvalue weighted by Gasteiger charge is 2.12. The van der Waals surface area contributed by atoms with E-state index >= 15 is 0 Å². The van der Waals surface area contributed by atoms with Crippen LogP contribution in [0, 0.1) is 13.8 Å². The third-order valence-corrected chi connectivity index (χ3v) is 4.63. The normalized spacial score (nSPS) is 12.7. The number of halogens is 1. The van der Waals surface area contributed by atoms with Crippen LogP contribution in [0.25, 0.3) is 0 Å². The molecule has 3 heteroatoms. The Labute approximate surface area is 111 Å². The largest absolute Gasteiger partial charge is 0.323 e. The molecule has 0 saturated carbocycles. The molecular weight excluding hydrogens is 250 g/mol. The minimum absolute atomic E-state index is 0.0345. The highest BCUT2D eigenvalue weighted by atomic mass is 35.5. The van der Waals surface area contributed by atoms with Crippen LogP contribution in [0.5, 0.6) is 0 Å².